The fourth-order valence-electron chi connectivity index (χ4n) is 2.51. The second-order valence-electron chi connectivity index (χ2n) is 6.04. The van der Waals surface area contributed by atoms with Gasteiger partial charge in [-0.1, -0.05) is 41.9 Å². The number of aryl methyl sites for hydroxylation is 1. The van der Waals surface area contributed by atoms with E-state index in [2.05, 4.69) is 4.72 Å². The van der Waals surface area contributed by atoms with Crippen LogP contribution in [0.1, 0.15) is 17.2 Å². The standard InChI is InChI=1S/C18H22ClFN2O2S/c1-22(2)18(15-7-9-16(19)10-8-15)13-21-25(23,24)12-11-14-5-3-4-6-17(14)20/h3-10,18,21H,11-13H2,1-2H3. The lowest BCUT2D eigenvalue weighted by atomic mass is 10.1. The summed E-state index contributed by atoms with van der Waals surface area (Å²) >= 11 is 5.90. The van der Waals surface area contributed by atoms with Gasteiger partial charge in [-0.25, -0.2) is 17.5 Å². The van der Waals surface area contributed by atoms with Crippen LogP contribution >= 0.6 is 11.6 Å². The topological polar surface area (TPSA) is 49.4 Å². The minimum absolute atomic E-state index is 0.125. The zero-order chi connectivity index (χ0) is 18.4. The van der Waals surface area contributed by atoms with Crippen molar-refractivity contribution in [2.45, 2.75) is 12.5 Å². The molecule has 0 heterocycles. The third kappa shape index (κ3) is 6.08. The Hall–Kier alpha value is -1.47. The Morgan fingerprint density at radius 3 is 2.36 bits per heavy atom. The molecule has 0 bridgehead atoms. The number of benzene rings is 2. The summed E-state index contributed by atoms with van der Waals surface area (Å²) in [6, 6.07) is 13.4. The van der Waals surface area contributed by atoms with Crippen LogP contribution in [0.4, 0.5) is 4.39 Å². The van der Waals surface area contributed by atoms with Crippen molar-refractivity contribution in [3.63, 3.8) is 0 Å². The van der Waals surface area contributed by atoms with Crippen LogP contribution in [-0.2, 0) is 16.4 Å². The summed E-state index contributed by atoms with van der Waals surface area (Å²) in [5, 5.41) is 0.631. The zero-order valence-electron chi connectivity index (χ0n) is 14.2. The van der Waals surface area contributed by atoms with E-state index in [1.807, 2.05) is 31.1 Å². The van der Waals surface area contributed by atoms with Crippen molar-refractivity contribution in [1.29, 1.82) is 0 Å². The second-order valence-corrected chi connectivity index (χ2v) is 8.40. The van der Waals surface area contributed by atoms with Gasteiger partial charge in [0.1, 0.15) is 5.82 Å². The third-order valence-electron chi connectivity index (χ3n) is 3.97. The highest BCUT2D eigenvalue weighted by Gasteiger charge is 2.18. The van der Waals surface area contributed by atoms with E-state index < -0.39 is 10.0 Å². The van der Waals surface area contributed by atoms with E-state index in [-0.39, 0.29) is 30.6 Å². The van der Waals surface area contributed by atoms with Gasteiger partial charge < -0.3 is 4.90 Å². The summed E-state index contributed by atoms with van der Waals surface area (Å²) in [5.74, 6) is -0.542. The maximum Gasteiger partial charge on any atom is 0.211 e. The molecule has 0 aromatic heterocycles. The van der Waals surface area contributed by atoms with Gasteiger partial charge in [0, 0.05) is 17.6 Å². The molecule has 2 aromatic carbocycles. The normalized spacial score (nSPS) is 13.2. The molecular formula is C18H22ClFN2O2S. The molecule has 2 aromatic rings. The highest BCUT2D eigenvalue weighted by molar-refractivity contribution is 7.89. The van der Waals surface area contributed by atoms with Gasteiger partial charge in [-0.15, -0.1) is 0 Å². The highest BCUT2D eigenvalue weighted by atomic mass is 35.5. The molecule has 0 aliphatic carbocycles. The molecule has 0 saturated heterocycles. The molecule has 136 valence electrons. The summed E-state index contributed by atoms with van der Waals surface area (Å²) in [6.07, 6.45) is 0.135. The second kappa shape index (κ2) is 8.76. The molecule has 0 saturated carbocycles. The fraction of sp³-hybridized carbons (Fsp3) is 0.333. The monoisotopic (exact) mass is 384 g/mol. The van der Waals surface area contributed by atoms with Crippen LogP contribution in [0, 0.1) is 5.82 Å². The van der Waals surface area contributed by atoms with Crippen molar-refractivity contribution in [2.24, 2.45) is 0 Å². The van der Waals surface area contributed by atoms with Gasteiger partial charge >= 0.3 is 0 Å². The molecular weight excluding hydrogens is 363 g/mol. The Morgan fingerprint density at radius 2 is 1.76 bits per heavy atom. The van der Waals surface area contributed by atoms with Gasteiger partial charge in [0.15, 0.2) is 0 Å². The van der Waals surface area contributed by atoms with Crippen LogP contribution < -0.4 is 4.72 Å². The molecule has 0 aliphatic heterocycles. The largest absolute Gasteiger partial charge is 0.301 e. The fourth-order valence-corrected chi connectivity index (χ4v) is 3.68. The first kappa shape index (κ1) is 19.8. The smallest absolute Gasteiger partial charge is 0.211 e. The first-order valence-corrected chi connectivity index (χ1v) is 9.94. The van der Waals surface area contributed by atoms with Crippen LogP contribution in [0.15, 0.2) is 48.5 Å². The molecule has 0 spiro atoms. The van der Waals surface area contributed by atoms with Crippen LogP contribution in [0.5, 0.6) is 0 Å². The van der Waals surface area contributed by atoms with E-state index in [9.17, 15) is 12.8 Å². The van der Waals surface area contributed by atoms with Gasteiger partial charge in [0.2, 0.25) is 10.0 Å². The Kier molecular flexibility index (Phi) is 6.95. The lowest BCUT2D eigenvalue weighted by molar-refractivity contribution is 0.299. The lowest BCUT2D eigenvalue weighted by Gasteiger charge is -2.25. The molecule has 7 heteroatoms. The minimum Gasteiger partial charge on any atom is -0.301 e. The van der Waals surface area contributed by atoms with Crippen molar-refractivity contribution >= 4 is 21.6 Å². The molecule has 4 nitrogen and oxygen atoms in total. The maximum atomic E-state index is 13.6. The predicted molar refractivity (Wildman–Crippen MR) is 99.8 cm³/mol. The van der Waals surface area contributed by atoms with Crippen molar-refractivity contribution in [1.82, 2.24) is 9.62 Å². The van der Waals surface area contributed by atoms with E-state index in [1.54, 1.807) is 30.3 Å². The van der Waals surface area contributed by atoms with E-state index in [4.69, 9.17) is 11.6 Å². The Bertz CT molecular complexity index is 795. The number of nitrogens with zero attached hydrogens (tertiary/aromatic N) is 1. The minimum atomic E-state index is -3.51. The molecule has 0 amide bonds. The van der Waals surface area contributed by atoms with Crippen LogP contribution in [0.2, 0.25) is 5.02 Å². The van der Waals surface area contributed by atoms with Gasteiger partial charge in [-0.3, -0.25) is 0 Å². The van der Waals surface area contributed by atoms with E-state index in [1.165, 1.54) is 6.07 Å². The number of hydrogen-bond donors (Lipinski definition) is 1. The van der Waals surface area contributed by atoms with E-state index in [0.717, 1.165) is 5.56 Å². The van der Waals surface area contributed by atoms with Gasteiger partial charge in [0.25, 0.3) is 0 Å². The number of likely N-dealkylation sites (N-methyl/N-ethyl adjacent to an activating group) is 1. The number of halogens is 2. The molecule has 1 unspecified atom stereocenters. The van der Waals surface area contributed by atoms with Crippen LogP contribution in [0.3, 0.4) is 0 Å². The van der Waals surface area contributed by atoms with Crippen LogP contribution in [-0.4, -0.2) is 39.7 Å². The number of rotatable bonds is 8. The van der Waals surface area contributed by atoms with Crippen molar-refractivity contribution in [2.75, 3.05) is 26.4 Å². The summed E-state index contributed by atoms with van der Waals surface area (Å²) in [7, 11) is 0.253. The SMILES string of the molecule is CN(C)C(CNS(=O)(=O)CCc1ccccc1F)c1ccc(Cl)cc1. The van der Waals surface area contributed by atoms with Crippen molar-refractivity contribution in [3.05, 3.63) is 70.5 Å². The predicted octanol–water partition coefficient (Wildman–Crippen LogP) is 3.24. The average Bonchev–Trinajstić information content (AvgIpc) is 2.55. The Morgan fingerprint density at radius 1 is 1.12 bits per heavy atom. The lowest BCUT2D eigenvalue weighted by Crippen LogP contribution is -2.36. The van der Waals surface area contributed by atoms with Crippen molar-refractivity contribution in [3.8, 4) is 0 Å². The molecule has 0 radical (unpaired) electrons. The van der Waals surface area contributed by atoms with Gasteiger partial charge in [0.05, 0.1) is 5.75 Å². The molecule has 0 fully saturated rings. The van der Waals surface area contributed by atoms with E-state index >= 15 is 0 Å². The van der Waals surface area contributed by atoms with Crippen LogP contribution in [0.25, 0.3) is 0 Å². The average molecular weight is 385 g/mol. The van der Waals surface area contributed by atoms with Gasteiger partial charge in [-0.05, 0) is 49.8 Å². The first-order chi connectivity index (χ1) is 11.8. The number of hydrogen-bond acceptors (Lipinski definition) is 3. The molecule has 25 heavy (non-hydrogen) atoms. The van der Waals surface area contributed by atoms with Gasteiger partial charge in [-0.2, -0.15) is 0 Å². The van der Waals surface area contributed by atoms with E-state index in [0.29, 0.717) is 10.6 Å². The number of nitrogens with one attached hydrogen (secondary N) is 1. The zero-order valence-corrected chi connectivity index (χ0v) is 15.8. The molecule has 2 rings (SSSR count). The summed E-state index contributed by atoms with van der Waals surface area (Å²) < 4.78 is 40.7. The first-order valence-electron chi connectivity index (χ1n) is 7.91. The molecule has 1 N–H and O–H groups in total. The summed E-state index contributed by atoms with van der Waals surface area (Å²) in [5.41, 5.74) is 1.36. The maximum absolute atomic E-state index is 13.6. The molecule has 0 aliphatic rings. The Labute approximate surface area is 153 Å². The van der Waals surface area contributed by atoms with Crippen molar-refractivity contribution < 1.29 is 12.8 Å². The highest BCUT2D eigenvalue weighted by Crippen LogP contribution is 2.20. The summed E-state index contributed by atoms with van der Waals surface area (Å²) in [6.45, 7) is 0.230. The third-order valence-corrected chi connectivity index (χ3v) is 5.57. The molecule has 1 atom stereocenters. The summed E-state index contributed by atoms with van der Waals surface area (Å²) in [4.78, 5) is 1.93. The Balaban J connectivity index is 1.99. The number of sulfonamides is 1. The quantitative estimate of drug-likeness (QED) is 0.760.